The molecule has 1 aliphatic heterocycles. The Hall–Kier alpha value is -2.78. The number of amides is 1. The summed E-state index contributed by atoms with van der Waals surface area (Å²) in [7, 11) is 2.46. The fourth-order valence-electron chi connectivity index (χ4n) is 3.62. The maximum atomic E-state index is 13.1. The van der Waals surface area contributed by atoms with E-state index in [1.165, 1.54) is 28.4 Å². The van der Waals surface area contributed by atoms with Crippen molar-refractivity contribution in [3.05, 3.63) is 47.5 Å². The molecular formula is C22H28N2O6S. The topological polar surface area (TPSA) is 85.4 Å². The molecule has 2 aromatic rings. The van der Waals surface area contributed by atoms with E-state index >= 15 is 0 Å². The maximum absolute atomic E-state index is 13.1. The number of ether oxygens (including phenoxy) is 3. The van der Waals surface area contributed by atoms with E-state index in [0.717, 1.165) is 18.4 Å². The number of hydrogen-bond donors (Lipinski definition) is 0. The Morgan fingerprint density at radius 3 is 2.16 bits per heavy atom. The van der Waals surface area contributed by atoms with Gasteiger partial charge in [0.2, 0.25) is 10.0 Å². The van der Waals surface area contributed by atoms with E-state index in [-0.39, 0.29) is 22.1 Å². The van der Waals surface area contributed by atoms with Crippen molar-refractivity contribution in [3.8, 4) is 17.2 Å². The number of hydrogen-bond acceptors (Lipinski definition) is 6. The van der Waals surface area contributed by atoms with Crippen LogP contribution in [0.15, 0.2) is 41.3 Å². The predicted octanol–water partition coefficient (Wildman–Crippen LogP) is 2.77. The molecule has 8 nitrogen and oxygen atoms in total. The van der Waals surface area contributed by atoms with Crippen molar-refractivity contribution in [2.75, 3.05) is 41.5 Å². The third-order valence-electron chi connectivity index (χ3n) is 5.31. The van der Waals surface area contributed by atoms with E-state index in [4.69, 9.17) is 14.2 Å². The van der Waals surface area contributed by atoms with E-state index in [1.54, 1.807) is 39.5 Å². The summed E-state index contributed by atoms with van der Waals surface area (Å²) >= 11 is 0. The molecule has 0 aliphatic carbocycles. The monoisotopic (exact) mass is 448 g/mol. The zero-order valence-electron chi connectivity index (χ0n) is 18.3. The summed E-state index contributed by atoms with van der Waals surface area (Å²) < 4.78 is 43.4. The number of rotatable bonds is 8. The Kier molecular flexibility index (Phi) is 7.07. The lowest BCUT2D eigenvalue weighted by Crippen LogP contribution is -2.29. The molecule has 0 unspecified atom stereocenters. The molecule has 1 saturated heterocycles. The van der Waals surface area contributed by atoms with Gasteiger partial charge in [-0.05, 0) is 48.7 Å². The van der Waals surface area contributed by atoms with Gasteiger partial charge in [-0.25, -0.2) is 8.42 Å². The molecule has 168 valence electrons. The van der Waals surface area contributed by atoms with Crippen LogP contribution in [0.5, 0.6) is 17.2 Å². The van der Waals surface area contributed by atoms with Gasteiger partial charge in [-0.3, -0.25) is 4.79 Å². The Morgan fingerprint density at radius 1 is 0.935 bits per heavy atom. The third-order valence-corrected chi connectivity index (χ3v) is 7.23. The Labute approximate surface area is 183 Å². The van der Waals surface area contributed by atoms with Gasteiger partial charge in [-0.15, -0.1) is 0 Å². The summed E-state index contributed by atoms with van der Waals surface area (Å²) in [6.45, 7) is 1.27. The molecule has 0 aromatic heterocycles. The van der Waals surface area contributed by atoms with Crippen LogP contribution >= 0.6 is 0 Å². The fraction of sp³-hybridized carbons (Fsp3) is 0.409. The lowest BCUT2D eigenvalue weighted by atomic mass is 10.1. The number of sulfonamides is 1. The minimum Gasteiger partial charge on any atom is -0.495 e. The van der Waals surface area contributed by atoms with Crippen LogP contribution < -0.4 is 14.2 Å². The molecule has 2 aromatic carbocycles. The van der Waals surface area contributed by atoms with Crippen LogP contribution in [-0.2, 0) is 16.6 Å². The van der Waals surface area contributed by atoms with E-state index in [9.17, 15) is 13.2 Å². The largest absolute Gasteiger partial charge is 0.495 e. The normalized spacial score (nSPS) is 14.3. The van der Waals surface area contributed by atoms with Crippen molar-refractivity contribution in [3.63, 3.8) is 0 Å². The number of methoxy groups -OCH3 is 3. The lowest BCUT2D eigenvalue weighted by Gasteiger charge is -2.21. The lowest BCUT2D eigenvalue weighted by molar-refractivity contribution is 0.0784. The zero-order valence-corrected chi connectivity index (χ0v) is 19.1. The van der Waals surface area contributed by atoms with Gasteiger partial charge in [-0.2, -0.15) is 4.31 Å². The van der Waals surface area contributed by atoms with Crippen molar-refractivity contribution in [1.29, 1.82) is 0 Å². The molecule has 0 radical (unpaired) electrons. The minimum atomic E-state index is -3.73. The van der Waals surface area contributed by atoms with Gasteiger partial charge in [0.05, 0.1) is 21.3 Å². The number of nitrogens with zero attached hydrogens (tertiary/aromatic N) is 2. The molecule has 1 amide bonds. The average Bonchev–Trinajstić information content (AvgIpc) is 3.34. The predicted molar refractivity (Wildman–Crippen MR) is 116 cm³/mol. The highest BCUT2D eigenvalue weighted by Crippen LogP contribution is 2.31. The van der Waals surface area contributed by atoms with Gasteiger partial charge in [0.25, 0.3) is 5.91 Å². The fourth-order valence-corrected chi connectivity index (χ4v) is 5.32. The second-order valence-electron chi connectivity index (χ2n) is 7.33. The van der Waals surface area contributed by atoms with Gasteiger partial charge >= 0.3 is 0 Å². The van der Waals surface area contributed by atoms with Crippen LogP contribution in [0.2, 0.25) is 0 Å². The molecule has 1 heterocycles. The minimum absolute atomic E-state index is 0.0160. The standard InChI is InChI=1S/C22H28N2O6S/c1-23(15-16-7-9-18(28-2)20(13-16)30-4)22(25)17-8-10-19(29-3)21(14-17)31(26,27)24-11-5-6-12-24/h7-10,13-14H,5-6,11-12,15H2,1-4H3. The highest BCUT2D eigenvalue weighted by atomic mass is 32.2. The van der Waals surface area contributed by atoms with Crippen LogP contribution in [0, 0.1) is 0 Å². The van der Waals surface area contributed by atoms with E-state index < -0.39 is 10.0 Å². The summed E-state index contributed by atoms with van der Waals surface area (Å²) in [5.74, 6) is 1.11. The van der Waals surface area contributed by atoms with Crippen molar-refractivity contribution in [1.82, 2.24) is 9.21 Å². The summed E-state index contributed by atoms with van der Waals surface area (Å²) in [6.07, 6.45) is 1.66. The van der Waals surface area contributed by atoms with E-state index in [1.807, 2.05) is 6.07 Å². The maximum Gasteiger partial charge on any atom is 0.253 e. The first-order valence-corrected chi connectivity index (χ1v) is 11.4. The Morgan fingerprint density at radius 2 is 1.55 bits per heavy atom. The van der Waals surface area contributed by atoms with Crippen LogP contribution in [-0.4, -0.2) is 65.0 Å². The number of carbonyl (C=O) groups excluding carboxylic acids is 1. The third kappa shape index (κ3) is 4.77. The summed E-state index contributed by atoms with van der Waals surface area (Å²) in [6, 6.07) is 9.94. The summed E-state index contributed by atoms with van der Waals surface area (Å²) in [5.41, 5.74) is 1.13. The summed E-state index contributed by atoms with van der Waals surface area (Å²) in [5, 5.41) is 0. The van der Waals surface area contributed by atoms with Crippen molar-refractivity contribution < 1.29 is 27.4 Å². The molecule has 0 atom stereocenters. The van der Waals surface area contributed by atoms with Gasteiger partial charge < -0.3 is 19.1 Å². The van der Waals surface area contributed by atoms with Crippen molar-refractivity contribution in [2.45, 2.75) is 24.3 Å². The zero-order chi connectivity index (χ0) is 22.6. The highest BCUT2D eigenvalue weighted by molar-refractivity contribution is 7.89. The Balaban J connectivity index is 1.86. The first-order chi connectivity index (χ1) is 14.8. The van der Waals surface area contributed by atoms with E-state index in [2.05, 4.69) is 0 Å². The number of benzene rings is 2. The molecule has 0 N–H and O–H groups in total. The first-order valence-electron chi connectivity index (χ1n) is 9.96. The molecule has 1 fully saturated rings. The molecule has 0 bridgehead atoms. The average molecular weight is 449 g/mol. The molecule has 0 spiro atoms. The van der Waals surface area contributed by atoms with Gasteiger partial charge in [0.15, 0.2) is 11.5 Å². The van der Waals surface area contributed by atoms with Crippen molar-refractivity contribution >= 4 is 15.9 Å². The smallest absolute Gasteiger partial charge is 0.253 e. The first kappa shape index (κ1) is 22.9. The molecule has 31 heavy (non-hydrogen) atoms. The SMILES string of the molecule is COc1ccc(CN(C)C(=O)c2ccc(OC)c(S(=O)(=O)N3CCCC3)c2)cc1OC. The van der Waals surface area contributed by atoms with Crippen LogP contribution in [0.3, 0.4) is 0 Å². The molecule has 1 aliphatic rings. The van der Waals surface area contributed by atoms with Crippen LogP contribution in [0.25, 0.3) is 0 Å². The van der Waals surface area contributed by atoms with Gasteiger partial charge in [0.1, 0.15) is 10.6 Å². The molecule has 0 saturated carbocycles. The molecular weight excluding hydrogens is 420 g/mol. The van der Waals surface area contributed by atoms with Crippen LogP contribution in [0.4, 0.5) is 0 Å². The highest BCUT2D eigenvalue weighted by Gasteiger charge is 2.31. The summed E-state index contributed by atoms with van der Waals surface area (Å²) in [4.78, 5) is 14.6. The Bertz CT molecular complexity index is 1050. The van der Waals surface area contributed by atoms with Crippen molar-refractivity contribution in [2.24, 2.45) is 0 Å². The van der Waals surface area contributed by atoms with Crippen LogP contribution in [0.1, 0.15) is 28.8 Å². The molecule has 9 heteroatoms. The second-order valence-corrected chi connectivity index (χ2v) is 9.23. The number of carbonyl (C=O) groups is 1. The van der Waals surface area contributed by atoms with Gasteiger partial charge in [-0.1, -0.05) is 6.07 Å². The second kappa shape index (κ2) is 9.57. The van der Waals surface area contributed by atoms with Gasteiger partial charge in [0, 0.05) is 32.2 Å². The quantitative estimate of drug-likeness (QED) is 0.617. The van der Waals surface area contributed by atoms with E-state index in [0.29, 0.717) is 31.1 Å². The molecule has 3 rings (SSSR count).